The van der Waals surface area contributed by atoms with Crippen molar-refractivity contribution < 1.29 is 4.79 Å². The van der Waals surface area contributed by atoms with Crippen LogP contribution in [0.25, 0.3) is 5.69 Å². The molecule has 0 spiro atoms. The van der Waals surface area contributed by atoms with Crippen LogP contribution >= 0.6 is 0 Å². The molecule has 122 valence electrons. The molecule has 0 aliphatic heterocycles. The molecule has 0 aliphatic carbocycles. The summed E-state index contributed by atoms with van der Waals surface area (Å²) < 4.78 is 1.59. The number of carbonyl (C=O) groups excluding carboxylic acids is 1. The standard InChI is InChI=1S/C18H19N5O/c1-18(2,3)12-5-4-6-13(9-12)23-11-16(21-22-23)17(24)14-10-20-8-7-15(14)19/h4-11H,1-3H3,(H2,19,20). The van der Waals surface area contributed by atoms with Gasteiger partial charge in [-0.1, -0.05) is 38.1 Å². The number of ketones is 1. The van der Waals surface area contributed by atoms with E-state index in [-0.39, 0.29) is 16.9 Å². The van der Waals surface area contributed by atoms with E-state index < -0.39 is 0 Å². The second-order valence-corrected chi connectivity index (χ2v) is 6.64. The molecule has 3 rings (SSSR count). The first kappa shape index (κ1) is 15.9. The SMILES string of the molecule is CC(C)(C)c1cccc(-n2cc(C(=O)c3cnccc3N)nn2)c1. The highest BCUT2D eigenvalue weighted by Gasteiger charge is 2.18. The zero-order valence-corrected chi connectivity index (χ0v) is 13.9. The quantitative estimate of drug-likeness (QED) is 0.750. The van der Waals surface area contributed by atoms with Crippen LogP contribution in [-0.4, -0.2) is 25.8 Å². The number of hydrogen-bond donors (Lipinski definition) is 1. The molecule has 0 unspecified atom stereocenters. The van der Waals surface area contributed by atoms with Gasteiger partial charge < -0.3 is 5.73 Å². The maximum Gasteiger partial charge on any atom is 0.218 e. The lowest BCUT2D eigenvalue weighted by Crippen LogP contribution is -2.11. The molecule has 0 atom stereocenters. The number of nitrogens with two attached hydrogens (primary N) is 1. The molecule has 0 fully saturated rings. The Kier molecular flexibility index (Phi) is 3.89. The molecule has 0 bridgehead atoms. The van der Waals surface area contributed by atoms with Gasteiger partial charge in [-0.2, -0.15) is 0 Å². The summed E-state index contributed by atoms with van der Waals surface area (Å²) in [5.41, 5.74) is 8.82. The van der Waals surface area contributed by atoms with Gasteiger partial charge in [0, 0.05) is 18.1 Å². The summed E-state index contributed by atoms with van der Waals surface area (Å²) >= 11 is 0. The van der Waals surface area contributed by atoms with E-state index in [1.165, 1.54) is 11.8 Å². The van der Waals surface area contributed by atoms with E-state index in [2.05, 4.69) is 42.1 Å². The topological polar surface area (TPSA) is 86.7 Å². The summed E-state index contributed by atoms with van der Waals surface area (Å²) in [5, 5.41) is 8.05. The number of carbonyl (C=O) groups is 1. The first-order valence-corrected chi connectivity index (χ1v) is 7.64. The molecular weight excluding hydrogens is 302 g/mol. The third kappa shape index (κ3) is 3.03. The Labute approximate surface area is 140 Å². The average Bonchev–Trinajstić information content (AvgIpc) is 3.04. The van der Waals surface area contributed by atoms with Crippen molar-refractivity contribution in [3.8, 4) is 5.69 Å². The van der Waals surface area contributed by atoms with E-state index in [9.17, 15) is 4.79 Å². The average molecular weight is 321 g/mol. The van der Waals surface area contributed by atoms with Crippen molar-refractivity contribution in [3.63, 3.8) is 0 Å². The molecule has 2 N–H and O–H groups in total. The molecule has 0 aliphatic rings. The first-order chi connectivity index (χ1) is 11.4. The van der Waals surface area contributed by atoms with Crippen LogP contribution < -0.4 is 5.73 Å². The normalized spacial score (nSPS) is 11.5. The lowest BCUT2D eigenvalue weighted by Gasteiger charge is -2.19. The summed E-state index contributed by atoms with van der Waals surface area (Å²) in [6.07, 6.45) is 4.59. The molecule has 0 saturated carbocycles. The molecular formula is C18H19N5O. The Bertz CT molecular complexity index is 892. The zero-order valence-electron chi connectivity index (χ0n) is 13.9. The van der Waals surface area contributed by atoms with E-state index in [0.29, 0.717) is 11.3 Å². The van der Waals surface area contributed by atoms with E-state index in [4.69, 9.17) is 5.73 Å². The van der Waals surface area contributed by atoms with Gasteiger partial charge in [0.2, 0.25) is 5.78 Å². The highest BCUT2D eigenvalue weighted by molar-refractivity contribution is 6.10. The van der Waals surface area contributed by atoms with Crippen molar-refractivity contribution in [1.29, 1.82) is 0 Å². The van der Waals surface area contributed by atoms with Gasteiger partial charge >= 0.3 is 0 Å². The van der Waals surface area contributed by atoms with Crippen molar-refractivity contribution >= 4 is 11.5 Å². The molecule has 3 aromatic rings. The largest absolute Gasteiger partial charge is 0.398 e. The van der Waals surface area contributed by atoms with Crippen LogP contribution in [0.2, 0.25) is 0 Å². The van der Waals surface area contributed by atoms with Gasteiger partial charge in [-0.05, 0) is 29.2 Å². The maximum absolute atomic E-state index is 12.5. The van der Waals surface area contributed by atoms with Gasteiger partial charge in [0.25, 0.3) is 0 Å². The van der Waals surface area contributed by atoms with Crippen LogP contribution in [0.4, 0.5) is 5.69 Å². The highest BCUT2D eigenvalue weighted by atomic mass is 16.1. The molecule has 2 aromatic heterocycles. The summed E-state index contributed by atoms with van der Waals surface area (Å²) in [6, 6.07) is 9.60. The smallest absolute Gasteiger partial charge is 0.218 e. The van der Waals surface area contributed by atoms with E-state index in [0.717, 1.165) is 5.69 Å². The molecule has 6 heteroatoms. The fourth-order valence-corrected chi connectivity index (χ4v) is 2.34. The van der Waals surface area contributed by atoms with Crippen LogP contribution in [0.5, 0.6) is 0 Å². The number of hydrogen-bond acceptors (Lipinski definition) is 5. The summed E-state index contributed by atoms with van der Waals surface area (Å²) in [6.45, 7) is 6.44. The fourth-order valence-electron chi connectivity index (χ4n) is 2.34. The van der Waals surface area contributed by atoms with Crippen molar-refractivity contribution in [2.45, 2.75) is 26.2 Å². The van der Waals surface area contributed by atoms with Crippen LogP contribution in [0.15, 0.2) is 48.9 Å². The van der Waals surface area contributed by atoms with Gasteiger partial charge in [0.15, 0.2) is 5.69 Å². The Balaban J connectivity index is 1.94. The van der Waals surface area contributed by atoms with Gasteiger partial charge in [0.05, 0.1) is 17.4 Å². The molecule has 1 aromatic carbocycles. The molecule has 0 amide bonds. The van der Waals surface area contributed by atoms with Crippen LogP contribution in [0, 0.1) is 0 Å². The number of nitrogens with zero attached hydrogens (tertiary/aromatic N) is 4. The number of pyridine rings is 1. The third-order valence-electron chi connectivity index (χ3n) is 3.80. The van der Waals surface area contributed by atoms with Gasteiger partial charge in [-0.25, -0.2) is 4.68 Å². The van der Waals surface area contributed by atoms with Crippen molar-refractivity contribution in [2.75, 3.05) is 5.73 Å². The monoisotopic (exact) mass is 321 g/mol. The zero-order chi connectivity index (χ0) is 17.3. The van der Waals surface area contributed by atoms with Gasteiger partial charge in [0.1, 0.15) is 0 Å². The maximum atomic E-state index is 12.5. The van der Waals surface area contributed by atoms with Crippen molar-refractivity contribution in [3.05, 3.63) is 65.7 Å². The minimum atomic E-state index is -0.293. The molecule has 24 heavy (non-hydrogen) atoms. The second-order valence-electron chi connectivity index (χ2n) is 6.64. The molecule has 0 radical (unpaired) electrons. The predicted octanol–water partition coefficient (Wildman–Crippen LogP) is 2.77. The minimum absolute atomic E-state index is 0.0272. The predicted molar refractivity (Wildman–Crippen MR) is 92.1 cm³/mol. The number of nitrogen functional groups attached to an aromatic ring is 1. The van der Waals surface area contributed by atoms with Crippen LogP contribution in [-0.2, 0) is 5.41 Å². The molecule has 2 heterocycles. The Hall–Kier alpha value is -3.02. The number of rotatable bonds is 3. The van der Waals surface area contributed by atoms with Crippen molar-refractivity contribution in [2.24, 2.45) is 0 Å². The number of benzene rings is 1. The van der Waals surface area contributed by atoms with Crippen molar-refractivity contribution in [1.82, 2.24) is 20.0 Å². The third-order valence-corrected chi connectivity index (χ3v) is 3.80. The summed E-state index contributed by atoms with van der Waals surface area (Å²) in [7, 11) is 0. The van der Waals surface area contributed by atoms with E-state index in [1.54, 1.807) is 23.1 Å². The van der Waals surface area contributed by atoms with Gasteiger partial charge in [-0.3, -0.25) is 9.78 Å². The first-order valence-electron chi connectivity index (χ1n) is 7.64. The summed E-state index contributed by atoms with van der Waals surface area (Å²) in [4.78, 5) is 16.4. The highest BCUT2D eigenvalue weighted by Crippen LogP contribution is 2.24. The Morgan fingerprint density at radius 3 is 2.71 bits per heavy atom. The summed E-state index contributed by atoms with van der Waals surface area (Å²) in [5.74, 6) is -0.293. The fraction of sp³-hybridized carbons (Fsp3) is 0.222. The minimum Gasteiger partial charge on any atom is -0.398 e. The molecule has 6 nitrogen and oxygen atoms in total. The Morgan fingerprint density at radius 1 is 1.21 bits per heavy atom. The number of aromatic nitrogens is 4. The van der Waals surface area contributed by atoms with E-state index in [1.807, 2.05) is 18.2 Å². The van der Waals surface area contributed by atoms with Crippen LogP contribution in [0.1, 0.15) is 42.4 Å². The van der Waals surface area contributed by atoms with Crippen LogP contribution in [0.3, 0.4) is 0 Å². The van der Waals surface area contributed by atoms with E-state index >= 15 is 0 Å². The Morgan fingerprint density at radius 2 is 2.00 bits per heavy atom. The molecule has 0 saturated heterocycles. The number of anilines is 1. The lowest BCUT2D eigenvalue weighted by molar-refractivity contribution is 0.103. The second kappa shape index (κ2) is 5.88. The van der Waals surface area contributed by atoms with Gasteiger partial charge in [-0.15, -0.1) is 5.10 Å². The lowest BCUT2D eigenvalue weighted by atomic mass is 9.87.